The molecule has 0 radical (unpaired) electrons. The minimum Gasteiger partial charge on any atom is -0.350 e. The normalized spacial score (nSPS) is 11.8. The second kappa shape index (κ2) is 10.6. The number of nitrogens with one attached hydrogen (secondary N) is 3. The Bertz CT molecular complexity index is 1060. The number of nitrogens with zero attached hydrogens (tertiary/aromatic N) is 2. The molecule has 1 atom stereocenters. The largest absolute Gasteiger partial charge is 0.350 e. The van der Waals surface area contributed by atoms with Crippen LogP contribution in [0.25, 0.3) is 0 Å². The highest BCUT2D eigenvalue weighted by atomic mass is 16.2. The molecule has 3 aromatic rings. The number of benzene rings is 2. The molecule has 1 heterocycles. The van der Waals surface area contributed by atoms with Crippen LogP contribution in [-0.2, 0) is 17.9 Å². The van der Waals surface area contributed by atoms with Crippen LogP contribution in [0, 0.1) is 19.8 Å². The number of rotatable bonds is 8. The van der Waals surface area contributed by atoms with E-state index in [1.54, 1.807) is 12.1 Å². The fraction of sp³-hybridized carbons (Fsp3) is 0.320. The van der Waals surface area contributed by atoms with E-state index in [1.165, 1.54) is 0 Å². The predicted molar refractivity (Wildman–Crippen MR) is 126 cm³/mol. The average Bonchev–Trinajstić information content (AvgIpc) is 3.07. The summed E-state index contributed by atoms with van der Waals surface area (Å²) >= 11 is 0. The van der Waals surface area contributed by atoms with Gasteiger partial charge in [-0.25, -0.2) is 4.79 Å². The highest BCUT2D eigenvalue weighted by Gasteiger charge is 2.24. The molecule has 0 fully saturated rings. The van der Waals surface area contributed by atoms with Gasteiger partial charge in [0.2, 0.25) is 5.91 Å². The van der Waals surface area contributed by atoms with E-state index in [0.717, 1.165) is 22.5 Å². The Morgan fingerprint density at radius 2 is 1.69 bits per heavy atom. The summed E-state index contributed by atoms with van der Waals surface area (Å²) in [5.74, 6) is -0.277. The molecule has 2 aromatic carbocycles. The third kappa shape index (κ3) is 6.44. The molecule has 7 nitrogen and oxygen atoms in total. The molecule has 0 saturated carbocycles. The molecule has 3 N–H and O–H groups in total. The van der Waals surface area contributed by atoms with Crippen molar-refractivity contribution in [2.24, 2.45) is 5.92 Å². The fourth-order valence-corrected chi connectivity index (χ4v) is 3.51. The van der Waals surface area contributed by atoms with Crippen LogP contribution in [0.5, 0.6) is 0 Å². The lowest BCUT2D eigenvalue weighted by Gasteiger charge is -2.22. The van der Waals surface area contributed by atoms with Gasteiger partial charge in [0.05, 0.1) is 12.2 Å². The molecule has 0 aliphatic rings. The van der Waals surface area contributed by atoms with Gasteiger partial charge >= 0.3 is 6.03 Å². The third-order valence-electron chi connectivity index (χ3n) is 5.16. The van der Waals surface area contributed by atoms with Gasteiger partial charge in [-0.3, -0.25) is 9.48 Å². The van der Waals surface area contributed by atoms with Gasteiger partial charge in [0.1, 0.15) is 6.04 Å². The zero-order valence-electron chi connectivity index (χ0n) is 19.1. The summed E-state index contributed by atoms with van der Waals surface area (Å²) in [6, 6.07) is 18.2. The summed E-state index contributed by atoms with van der Waals surface area (Å²) in [5.41, 5.74) is 4.89. The zero-order valence-corrected chi connectivity index (χ0v) is 19.1. The van der Waals surface area contributed by atoms with Crippen molar-refractivity contribution >= 4 is 17.6 Å². The first-order chi connectivity index (χ1) is 15.3. The van der Waals surface area contributed by atoms with Gasteiger partial charge in [-0.05, 0) is 49.1 Å². The molecule has 0 saturated heterocycles. The monoisotopic (exact) mass is 433 g/mol. The first-order valence-corrected chi connectivity index (χ1v) is 10.8. The Balaban J connectivity index is 1.57. The van der Waals surface area contributed by atoms with Crippen molar-refractivity contribution in [1.82, 2.24) is 20.4 Å². The van der Waals surface area contributed by atoms with Crippen LogP contribution in [0.2, 0.25) is 0 Å². The van der Waals surface area contributed by atoms with Crippen molar-refractivity contribution in [2.45, 2.75) is 46.8 Å². The van der Waals surface area contributed by atoms with Gasteiger partial charge in [-0.1, -0.05) is 56.3 Å². The Morgan fingerprint density at radius 3 is 2.34 bits per heavy atom. The number of aromatic nitrogens is 2. The van der Waals surface area contributed by atoms with Crippen molar-refractivity contribution in [3.8, 4) is 0 Å². The maximum atomic E-state index is 12.8. The van der Waals surface area contributed by atoms with Crippen LogP contribution in [0.4, 0.5) is 10.5 Å². The molecule has 0 bridgehead atoms. The topological polar surface area (TPSA) is 88.0 Å². The van der Waals surface area contributed by atoms with E-state index >= 15 is 0 Å². The number of urea groups is 1. The van der Waals surface area contributed by atoms with Gasteiger partial charge < -0.3 is 16.0 Å². The third-order valence-corrected chi connectivity index (χ3v) is 5.16. The van der Waals surface area contributed by atoms with E-state index in [-0.39, 0.29) is 11.8 Å². The molecule has 3 rings (SSSR count). The summed E-state index contributed by atoms with van der Waals surface area (Å²) in [6.07, 6.45) is 0. The highest BCUT2D eigenvalue weighted by Crippen LogP contribution is 2.11. The number of amides is 3. The van der Waals surface area contributed by atoms with E-state index < -0.39 is 12.1 Å². The van der Waals surface area contributed by atoms with Crippen LogP contribution in [-0.4, -0.2) is 27.8 Å². The summed E-state index contributed by atoms with van der Waals surface area (Å²) in [5, 5.41) is 13.0. The number of hydrogen-bond donors (Lipinski definition) is 3. The van der Waals surface area contributed by atoms with Gasteiger partial charge in [-0.15, -0.1) is 0 Å². The van der Waals surface area contributed by atoms with Crippen LogP contribution in [0.3, 0.4) is 0 Å². The highest BCUT2D eigenvalue weighted by molar-refractivity contribution is 5.93. The van der Waals surface area contributed by atoms with E-state index in [9.17, 15) is 9.59 Å². The van der Waals surface area contributed by atoms with Crippen LogP contribution in [0.15, 0.2) is 60.7 Å². The lowest BCUT2D eigenvalue weighted by atomic mass is 10.0. The Kier molecular flexibility index (Phi) is 7.65. The Morgan fingerprint density at radius 1 is 0.969 bits per heavy atom. The summed E-state index contributed by atoms with van der Waals surface area (Å²) in [4.78, 5) is 25.1. The first-order valence-electron chi connectivity index (χ1n) is 10.8. The number of para-hydroxylation sites is 1. The summed E-state index contributed by atoms with van der Waals surface area (Å²) in [6.45, 7) is 8.89. The lowest BCUT2D eigenvalue weighted by Crippen LogP contribution is -2.50. The predicted octanol–water partition coefficient (Wildman–Crippen LogP) is 4.01. The molecule has 0 aliphatic carbocycles. The van der Waals surface area contributed by atoms with Crippen molar-refractivity contribution in [3.05, 3.63) is 83.2 Å². The second-order valence-electron chi connectivity index (χ2n) is 8.31. The maximum Gasteiger partial charge on any atom is 0.319 e. The van der Waals surface area contributed by atoms with Gasteiger partial charge in [0, 0.05) is 17.9 Å². The Hall–Kier alpha value is -3.61. The lowest BCUT2D eigenvalue weighted by molar-refractivity contribution is -0.124. The van der Waals surface area contributed by atoms with Crippen molar-refractivity contribution in [3.63, 3.8) is 0 Å². The van der Waals surface area contributed by atoms with E-state index in [4.69, 9.17) is 0 Å². The van der Waals surface area contributed by atoms with Gasteiger partial charge in [-0.2, -0.15) is 5.10 Å². The van der Waals surface area contributed by atoms with E-state index in [2.05, 4.69) is 33.2 Å². The van der Waals surface area contributed by atoms with E-state index in [0.29, 0.717) is 18.8 Å². The SMILES string of the molecule is Cc1cc(C)n(Cc2cccc(CNC(=O)C(NC(=O)Nc3ccccc3)C(C)C)c2)n1. The number of anilines is 1. The quantitative estimate of drug-likeness (QED) is 0.502. The number of carbonyl (C=O) groups excluding carboxylic acids is 2. The molecule has 0 spiro atoms. The van der Waals surface area contributed by atoms with Gasteiger partial charge in [0.15, 0.2) is 0 Å². The summed E-state index contributed by atoms with van der Waals surface area (Å²) in [7, 11) is 0. The number of aryl methyl sites for hydroxylation is 2. The Labute approximate surface area is 189 Å². The molecule has 1 unspecified atom stereocenters. The van der Waals surface area contributed by atoms with Crippen molar-refractivity contribution < 1.29 is 9.59 Å². The van der Waals surface area contributed by atoms with Crippen LogP contribution >= 0.6 is 0 Å². The van der Waals surface area contributed by atoms with Crippen molar-refractivity contribution in [1.29, 1.82) is 0 Å². The molecule has 1 aromatic heterocycles. The molecule has 7 heteroatoms. The van der Waals surface area contributed by atoms with Crippen LogP contribution < -0.4 is 16.0 Å². The second-order valence-corrected chi connectivity index (χ2v) is 8.31. The summed E-state index contributed by atoms with van der Waals surface area (Å²) < 4.78 is 1.97. The van der Waals surface area contributed by atoms with Gasteiger partial charge in [0.25, 0.3) is 0 Å². The average molecular weight is 434 g/mol. The molecule has 0 aliphatic heterocycles. The van der Waals surface area contributed by atoms with Crippen LogP contribution in [0.1, 0.15) is 36.4 Å². The standard InChI is InChI=1S/C25H31N5O2/c1-17(2)23(28-25(32)27-22-11-6-5-7-12-22)24(31)26-15-20-9-8-10-21(14-20)16-30-19(4)13-18(3)29-30/h5-14,17,23H,15-16H2,1-4H3,(H,26,31)(H2,27,28,32). The fourth-order valence-electron chi connectivity index (χ4n) is 3.51. The molecular formula is C25H31N5O2. The number of hydrogen-bond acceptors (Lipinski definition) is 3. The van der Waals surface area contributed by atoms with Crippen molar-refractivity contribution in [2.75, 3.05) is 5.32 Å². The molecular weight excluding hydrogens is 402 g/mol. The smallest absolute Gasteiger partial charge is 0.319 e. The maximum absolute atomic E-state index is 12.8. The van der Waals surface area contributed by atoms with E-state index in [1.807, 2.05) is 68.8 Å². The molecule has 168 valence electrons. The molecule has 32 heavy (non-hydrogen) atoms. The minimum atomic E-state index is -0.642. The molecule has 3 amide bonds. The first kappa shape index (κ1) is 23.1. The number of carbonyl (C=O) groups is 2. The zero-order chi connectivity index (χ0) is 23.1. The minimum absolute atomic E-state index is 0.0612.